The van der Waals surface area contributed by atoms with Gasteiger partial charge in [0, 0.05) is 30.9 Å². The van der Waals surface area contributed by atoms with Crippen LogP contribution in [0.2, 0.25) is 0 Å². The number of carbonyl (C=O) groups excluding carboxylic acids is 1. The van der Waals surface area contributed by atoms with Crippen molar-refractivity contribution in [1.29, 1.82) is 0 Å². The Hall–Kier alpha value is -1.62. The van der Waals surface area contributed by atoms with Crippen molar-refractivity contribution < 1.29 is 9.18 Å². The number of piperidine rings is 1. The zero-order valence-corrected chi connectivity index (χ0v) is 12.0. The van der Waals surface area contributed by atoms with Gasteiger partial charge in [0.05, 0.1) is 5.56 Å². The number of halogens is 1. The van der Waals surface area contributed by atoms with Crippen molar-refractivity contribution in [2.45, 2.75) is 38.8 Å². The van der Waals surface area contributed by atoms with Crippen LogP contribution in [0.25, 0.3) is 0 Å². The minimum Gasteiger partial charge on any atom is -0.382 e. The molecule has 110 valence electrons. The normalized spacial score (nSPS) is 17.4. The Labute approximate surface area is 119 Å². The van der Waals surface area contributed by atoms with Crippen LogP contribution in [-0.2, 0) is 0 Å². The van der Waals surface area contributed by atoms with Crippen LogP contribution in [0.3, 0.4) is 0 Å². The van der Waals surface area contributed by atoms with E-state index >= 15 is 0 Å². The second kappa shape index (κ2) is 6.22. The molecule has 1 aromatic carbocycles. The number of carbonyl (C=O) groups is 1. The number of hydrogen-bond donors (Lipinski definition) is 2. The molecule has 4 nitrogen and oxygen atoms in total. The molecule has 1 heterocycles. The van der Waals surface area contributed by atoms with Crippen LogP contribution in [0.5, 0.6) is 0 Å². The number of nitrogens with one attached hydrogen (secondary N) is 1. The number of primary amides is 1. The summed E-state index contributed by atoms with van der Waals surface area (Å²) in [5.41, 5.74) is 5.85. The molecule has 5 heteroatoms. The summed E-state index contributed by atoms with van der Waals surface area (Å²) in [4.78, 5) is 13.6. The Balaban J connectivity index is 1.98. The lowest BCUT2D eigenvalue weighted by Crippen LogP contribution is -2.42. The van der Waals surface area contributed by atoms with Gasteiger partial charge in [-0.25, -0.2) is 4.39 Å². The summed E-state index contributed by atoms with van der Waals surface area (Å²) in [6, 6.07) is 5.36. The monoisotopic (exact) mass is 279 g/mol. The standard InChI is InChI=1S/C15H22FN3O/c1-10(2)19-7-5-11(6-8-19)18-12-3-4-14(16)13(9-12)15(17)20/h3-4,9-11,18H,5-8H2,1-2H3,(H2,17,20). The molecule has 3 N–H and O–H groups in total. The van der Waals surface area contributed by atoms with E-state index in [-0.39, 0.29) is 5.56 Å². The van der Waals surface area contributed by atoms with Gasteiger partial charge < -0.3 is 16.0 Å². The topological polar surface area (TPSA) is 58.4 Å². The van der Waals surface area contributed by atoms with Gasteiger partial charge in [-0.05, 0) is 44.9 Å². The van der Waals surface area contributed by atoms with E-state index < -0.39 is 11.7 Å². The molecular weight excluding hydrogens is 257 g/mol. The summed E-state index contributed by atoms with van der Waals surface area (Å²) in [6.45, 7) is 6.51. The summed E-state index contributed by atoms with van der Waals surface area (Å²) in [5.74, 6) is -1.31. The van der Waals surface area contributed by atoms with Crippen molar-refractivity contribution in [3.05, 3.63) is 29.6 Å². The molecule has 0 bridgehead atoms. The van der Waals surface area contributed by atoms with E-state index in [1.54, 1.807) is 6.07 Å². The number of hydrogen-bond acceptors (Lipinski definition) is 3. The van der Waals surface area contributed by atoms with E-state index in [1.165, 1.54) is 12.1 Å². The number of anilines is 1. The van der Waals surface area contributed by atoms with Crippen LogP contribution in [-0.4, -0.2) is 36.0 Å². The highest BCUT2D eigenvalue weighted by Gasteiger charge is 2.21. The average Bonchev–Trinajstić information content (AvgIpc) is 2.41. The van der Waals surface area contributed by atoms with Crippen LogP contribution < -0.4 is 11.1 Å². The smallest absolute Gasteiger partial charge is 0.251 e. The largest absolute Gasteiger partial charge is 0.382 e. The lowest BCUT2D eigenvalue weighted by molar-refractivity contribution is 0.0996. The lowest BCUT2D eigenvalue weighted by atomic mass is 10.0. The first-order valence-electron chi connectivity index (χ1n) is 7.07. The summed E-state index contributed by atoms with van der Waals surface area (Å²) in [5, 5.41) is 3.36. The molecule has 1 aliphatic heterocycles. The van der Waals surface area contributed by atoms with Gasteiger partial charge in [-0.2, -0.15) is 0 Å². The molecule has 0 saturated carbocycles. The summed E-state index contributed by atoms with van der Waals surface area (Å²) < 4.78 is 13.4. The number of amides is 1. The SMILES string of the molecule is CC(C)N1CCC(Nc2ccc(F)c(C(N)=O)c2)CC1. The van der Waals surface area contributed by atoms with E-state index in [0.717, 1.165) is 31.6 Å². The van der Waals surface area contributed by atoms with Crippen LogP contribution in [0, 0.1) is 5.82 Å². The molecule has 1 fully saturated rings. The molecule has 0 radical (unpaired) electrons. The fraction of sp³-hybridized carbons (Fsp3) is 0.533. The fourth-order valence-electron chi connectivity index (χ4n) is 2.60. The highest BCUT2D eigenvalue weighted by molar-refractivity contribution is 5.94. The molecule has 0 spiro atoms. The number of likely N-dealkylation sites (tertiary alicyclic amines) is 1. The van der Waals surface area contributed by atoms with E-state index in [2.05, 4.69) is 24.1 Å². The maximum absolute atomic E-state index is 13.4. The number of benzene rings is 1. The minimum atomic E-state index is -0.735. The molecule has 0 atom stereocenters. The quantitative estimate of drug-likeness (QED) is 0.888. The molecule has 0 aromatic heterocycles. The van der Waals surface area contributed by atoms with Crippen LogP contribution in [0.4, 0.5) is 10.1 Å². The number of rotatable bonds is 4. The van der Waals surface area contributed by atoms with E-state index in [1.807, 2.05) is 0 Å². The summed E-state index contributed by atoms with van der Waals surface area (Å²) >= 11 is 0. The van der Waals surface area contributed by atoms with Gasteiger partial charge in [0.2, 0.25) is 0 Å². The van der Waals surface area contributed by atoms with Crippen LogP contribution in [0.15, 0.2) is 18.2 Å². The van der Waals surface area contributed by atoms with Gasteiger partial charge >= 0.3 is 0 Å². The van der Waals surface area contributed by atoms with E-state index in [0.29, 0.717) is 12.1 Å². The summed E-state index contributed by atoms with van der Waals surface area (Å²) in [6.07, 6.45) is 2.09. The molecule has 1 saturated heterocycles. The zero-order valence-electron chi connectivity index (χ0n) is 12.0. The maximum atomic E-state index is 13.4. The number of nitrogens with two attached hydrogens (primary N) is 1. The highest BCUT2D eigenvalue weighted by atomic mass is 19.1. The third-order valence-electron chi connectivity index (χ3n) is 3.86. The molecule has 1 amide bonds. The van der Waals surface area contributed by atoms with Gasteiger partial charge in [0.15, 0.2) is 0 Å². The second-order valence-corrected chi connectivity index (χ2v) is 5.61. The third-order valence-corrected chi connectivity index (χ3v) is 3.86. The molecule has 2 rings (SSSR count). The number of nitrogens with zero attached hydrogens (tertiary/aromatic N) is 1. The first kappa shape index (κ1) is 14.8. The molecular formula is C15H22FN3O. The predicted octanol–water partition coefficient (Wildman–Crippen LogP) is 2.21. The van der Waals surface area contributed by atoms with Gasteiger partial charge in [0.25, 0.3) is 5.91 Å². The van der Waals surface area contributed by atoms with E-state index in [4.69, 9.17) is 5.73 Å². The van der Waals surface area contributed by atoms with Crippen molar-refractivity contribution in [2.24, 2.45) is 5.73 Å². The van der Waals surface area contributed by atoms with Gasteiger partial charge in [-0.3, -0.25) is 4.79 Å². The Kier molecular flexibility index (Phi) is 4.60. The zero-order chi connectivity index (χ0) is 14.7. The Morgan fingerprint density at radius 2 is 2.05 bits per heavy atom. The van der Waals surface area contributed by atoms with E-state index in [9.17, 15) is 9.18 Å². The lowest BCUT2D eigenvalue weighted by Gasteiger charge is -2.35. The molecule has 1 aliphatic rings. The Bertz CT molecular complexity index is 482. The van der Waals surface area contributed by atoms with Crippen molar-refractivity contribution in [1.82, 2.24) is 4.90 Å². The van der Waals surface area contributed by atoms with Gasteiger partial charge in [-0.1, -0.05) is 0 Å². The molecule has 0 unspecified atom stereocenters. The second-order valence-electron chi connectivity index (χ2n) is 5.61. The molecule has 1 aromatic rings. The first-order valence-corrected chi connectivity index (χ1v) is 7.07. The van der Waals surface area contributed by atoms with Gasteiger partial charge in [0.1, 0.15) is 5.82 Å². The van der Waals surface area contributed by atoms with Crippen molar-refractivity contribution in [3.8, 4) is 0 Å². The maximum Gasteiger partial charge on any atom is 0.251 e. The van der Waals surface area contributed by atoms with Crippen molar-refractivity contribution in [3.63, 3.8) is 0 Å². The first-order chi connectivity index (χ1) is 9.47. The highest BCUT2D eigenvalue weighted by Crippen LogP contribution is 2.20. The third kappa shape index (κ3) is 3.48. The Morgan fingerprint density at radius 1 is 1.40 bits per heavy atom. The average molecular weight is 279 g/mol. The van der Waals surface area contributed by atoms with Gasteiger partial charge in [-0.15, -0.1) is 0 Å². The fourth-order valence-corrected chi connectivity index (χ4v) is 2.60. The predicted molar refractivity (Wildman–Crippen MR) is 78.3 cm³/mol. The Morgan fingerprint density at radius 3 is 2.60 bits per heavy atom. The molecule has 0 aliphatic carbocycles. The minimum absolute atomic E-state index is 0.0605. The molecule has 20 heavy (non-hydrogen) atoms. The van der Waals surface area contributed by atoms with Crippen molar-refractivity contribution >= 4 is 11.6 Å². The van der Waals surface area contributed by atoms with Crippen molar-refractivity contribution in [2.75, 3.05) is 18.4 Å². The van der Waals surface area contributed by atoms with Crippen LogP contribution in [0.1, 0.15) is 37.0 Å². The van der Waals surface area contributed by atoms with Crippen LogP contribution >= 0.6 is 0 Å². The summed E-state index contributed by atoms with van der Waals surface area (Å²) in [7, 11) is 0.